The zero-order valence-electron chi connectivity index (χ0n) is 12.1. The van der Waals surface area contributed by atoms with Gasteiger partial charge in [0.2, 0.25) is 11.2 Å². The number of hydrogen-bond donors (Lipinski definition) is 1. The maximum absolute atomic E-state index is 10.7. The summed E-state index contributed by atoms with van der Waals surface area (Å²) in [6, 6.07) is 6.59. The van der Waals surface area contributed by atoms with Crippen LogP contribution in [0.15, 0.2) is 34.3 Å². The van der Waals surface area contributed by atoms with Crippen molar-refractivity contribution in [3.8, 4) is 0 Å². The molecule has 0 bridgehead atoms. The van der Waals surface area contributed by atoms with E-state index in [1.54, 1.807) is 12.1 Å². The maximum atomic E-state index is 10.7. The van der Waals surface area contributed by atoms with Gasteiger partial charge < -0.3 is 5.32 Å². The number of anilines is 1. The van der Waals surface area contributed by atoms with Crippen LogP contribution in [0.2, 0.25) is 5.28 Å². The second-order valence-electron chi connectivity index (χ2n) is 5.19. The van der Waals surface area contributed by atoms with E-state index in [9.17, 15) is 10.1 Å². The molecular formula is C14H14ClN5O2S. The SMILES string of the molecule is O=[N+]([O-])c1ccc(Sc2nc(Cl)nc(NC3CCCC3)n2)cc1. The van der Waals surface area contributed by atoms with Crippen LogP contribution in [0.4, 0.5) is 11.6 Å². The van der Waals surface area contributed by atoms with Crippen LogP contribution in [0.25, 0.3) is 0 Å². The maximum Gasteiger partial charge on any atom is 0.269 e. The number of aromatic nitrogens is 3. The lowest BCUT2D eigenvalue weighted by Gasteiger charge is -2.12. The molecule has 1 aliphatic carbocycles. The number of rotatable bonds is 5. The Hall–Kier alpha value is -1.93. The van der Waals surface area contributed by atoms with Crippen molar-refractivity contribution in [1.29, 1.82) is 0 Å². The molecule has 120 valence electrons. The van der Waals surface area contributed by atoms with Gasteiger partial charge in [-0.1, -0.05) is 12.8 Å². The van der Waals surface area contributed by atoms with Crippen LogP contribution in [-0.4, -0.2) is 25.9 Å². The van der Waals surface area contributed by atoms with Crippen molar-refractivity contribution >= 4 is 35.0 Å². The summed E-state index contributed by atoms with van der Waals surface area (Å²) in [7, 11) is 0. The Labute approximate surface area is 142 Å². The van der Waals surface area contributed by atoms with Gasteiger partial charge >= 0.3 is 0 Å². The van der Waals surface area contributed by atoms with E-state index in [2.05, 4.69) is 20.3 Å². The first-order valence-corrected chi connectivity index (χ1v) is 8.40. The van der Waals surface area contributed by atoms with E-state index in [1.165, 1.54) is 36.7 Å². The normalized spacial score (nSPS) is 14.8. The summed E-state index contributed by atoms with van der Waals surface area (Å²) in [6.07, 6.45) is 4.63. The van der Waals surface area contributed by atoms with E-state index in [-0.39, 0.29) is 11.0 Å². The van der Waals surface area contributed by atoms with E-state index in [0.717, 1.165) is 17.7 Å². The molecule has 3 rings (SSSR count). The van der Waals surface area contributed by atoms with Gasteiger partial charge in [0.25, 0.3) is 5.69 Å². The van der Waals surface area contributed by atoms with Gasteiger partial charge in [0.1, 0.15) is 0 Å². The van der Waals surface area contributed by atoms with Gasteiger partial charge in [0.15, 0.2) is 5.16 Å². The highest BCUT2D eigenvalue weighted by Gasteiger charge is 2.17. The lowest BCUT2D eigenvalue weighted by molar-refractivity contribution is -0.384. The summed E-state index contributed by atoms with van der Waals surface area (Å²) >= 11 is 7.25. The summed E-state index contributed by atoms with van der Waals surface area (Å²) in [6.45, 7) is 0. The monoisotopic (exact) mass is 351 g/mol. The van der Waals surface area contributed by atoms with Crippen molar-refractivity contribution in [2.24, 2.45) is 0 Å². The number of nitro benzene ring substituents is 1. The standard InChI is InChI=1S/C14H14ClN5O2S/c15-12-17-13(16-9-3-1-2-4-9)19-14(18-12)23-11-7-5-10(6-8-11)20(21)22/h5-9H,1-4H2,(H,16,17,18,19). The van der Waals surface area contributed by atoms with Crippen molar-refractivity contribution in [2.75, 3.05) is 5.32 Å². The first-order valence-electron chi connectivity index (χ1n) is 7.20. The summed E-state index contributed by atoms with van der Waals surface area (Å²) in [5.41, 5.74) is 0.0478. The Bertz CT molecular complexity index is 707. The van der Waals surface area contributed by atoms with Crippen LogP contribution in [0.5, 0.6) is 0 Å². The molecule has 0 atom stereocenters. The molecular weight excluding hydrogens is 338 g/mol. The molecule has 0 unspecified atom stereocenters. The predicted octanol–water partition coefficient (Wildman–Crippen LogP) is 3.94. The van der Waals surface area contributed by atoms with Crippen molar-refractivity contribution in [2.45, 2.75) is 41.8 Å². The van der Waals surface area contributed by atoms with Crippen molar-refractivity contribution in [3.63, 3.8) is 0 Å². The molecule has 2 aromatic rings. The molecule has 9 heteroatoms. The Morgan fingerprint density at radius 1 is 1.17 bits per heavy atom. The Morgan fingerprint density at radius 3 is 2.52 bits per heavy atom. The number of non-ortho nitro benzene ring substituents is 1. The van der Waals surface area contributed by atoms with E-state index in [0.29, 0.717) is 17.1 Å². The van der Waals surface area contributed by atoms with Gasteiger partial charge in [-0.25, -0.2) is 0 Å². The molecule has 23 heavy (non-hydrogen) atoms. The van der Waals surface area contributed by atoms with Crippen LogP contribution < -0.4 is 5.32 Å². The number of nitro groups is 1. The molecule has 0 aliphatic heterocycles. The minimum atomic E-state index is -0.433. The van der Waals surface area contributed by atoms with Gasteiger partial charge in [0, 0.05) is 23.1 Å². The van der Waals surface area contributed by atoms with Crippen LogP contribution in [0.3, 0.4) is 0 Å². The Morgan fingerprint density at radius 2 is 1.87 bits per heavy atom. The largest absolute Gasteiger partial charge is 0.351 e. The zero-order chi connectivity index (χ0) is 16.2. The number of nitrogens with one attached hydrogen (secondary N) is 1. The highest BCUT2D eigenvalue weighted by Crippen LogP contribution is 2.28. The van der Waals surface area contributed by atoms with Crippen LogP contribution >= 0.6 is 23.4 Å². The molecule has 1 fully saturated rings. The van der Waals surface area contributed by atoms with Crippen molar-refractivity contribution < 1.29 is 4.92 Å². The van der Waals surface area contributed by atoms with Gasteiger partial charge in [0.05, 0.1) is 4.92 Å². The minimum absolute atomic E-state index is 0.0478. The predicted molar refractivity (Wildman–Crippen MR) is 87.9 cm³/mol. The molecule has 0 saturated heterocycles. The molecule has 1 aromatic carbocycles. The van der Waals surface area contributed by atoms with Crippen LogP contribution in [0.1, 0.15) is 25.7 Å². The molecule has 1 N–H and O–H groups in total. The molecule has 1 aromatic heterocycles. The fourth-order valence-electron chi connectivity index (χ4n) is 2.44. The number of hydrogen-bond acceptors (Lipinski definition) is 7. The molecule has 0 radical (unpaired) electrons. The summed E-state index contributed by atoms with van der Waals surface area (Å²) in [5.74, 6) is 0.473. The lowest BCUT2D eigenvalue weighted by atomic mass is 10.3. The second kappa shape index (κ2) is 7.10. The highest BCUT2D eigenvalue weighted by atomic mass is 35.5. The first-order chi connectivity index (χ1) is 11.1. The quantitative estimate of drug-likeness (QED) is 0.644. The fourth-order valence-corrected chi connectivity index (χ4v) is 3.39. The summed E-state index contributed by atoms with van der Waals surface area (Å²) in [5, 5.41) is 14.5. The van der Waals surface area contributed by atoms with Gasteiger partial charge in [-0.05, 0) is 48.3 Å². The lowest BCUT2D eigenvalue weighted by Crippen LogP contribution is -2.17. The van der Waals surface area contributed by atoms with Crippen molar-refractivity contribution in [1.82, 2.24) is 15.0 Å². The molecule has 7 nitrogen and oxygen atoms in total. The Kier molecular flexibility index (Phi) is 4.92. The Balaban J connectivity index is 1.73. The molecule has 0 amide bonds. The van der Waals surface area contributed by atoms with E-state index < -0.39 is 4.92 Å². The molecule has 1 heterocycles. The second-order valence-corrected chi connectivity index (χ2v) is 6.57. The third-order valence-electron chi connectivity index (χ3n) is 3.53. The van der Waals surface area contributed by atoms with Crippen LogP contribution in [0, 0.1) is 10.1 Å². The number of benzene rings is 1. The van der Waals surface area contributed by atoms with Gasteiger partial charge in [-0.2, -0.15) is 15.0 Å². The molecule has 1 aliphatic rings. The van der Waals surface area contributed by atoms with Crippen LogP contribution in [-0.2, 0) is 0 Å². The highest BCUT2D eigenvalue weighted by molar-refractivity contribution is 7.99. The van der Waals surface area contributed by atoms with Gasteiger partial charge in [-0.15, -0.1) is 0 Å². The third-order valence-corrected chi connectivity index (χ3v) is 4.57. The zero-order valence-corrected chi connectivity index (χ0v) is 13.7. The van der Waals surface area contributed by atoms with E-state index in [4.69, 9.17) is 11.6 Å². The first kappa shape index (κ1) is 15.9. The smallest absolute Gasteiger partial charge is 0.269 e. The van der Waals surface area contributed by atoms with Crippen molar-refractivity contribution in [3.05, 3.63) is 39.7 Å². The average Bonchev–Trinajstić information content (AvgIpc) is 3.00. The van der Waals surface area contributed by atoms with E-state index in [1.807, 2.05) is 0 Å². The summed E-state index contributed by atoms with van der Waals surface area (Å²) in [4.78, 5) is 23.6. The van der Waals surface area contributed by atoms with Gasteiger partial charge in [-0.3, -0.25) is 10.1 Å². The summed E-state index contributed by atoms with van der Waals surface area (Å²) < 4.78 is 0. The molecule has 1 saturated carbocycles. The fraction of sp³-hybridized carbons (Fsp3) is 0.357. The van der Waals surface area contributed by atoms with E-state index >= 15 is 0 Å². The number of nitrogens with zero attached hydrogens (tertiary/aromatic N) is 4. The topological polar surface area (TPSA) is 93.8 Å². The molecule has 0 spiro atoms. The number of halogens is 1. The minimum Gasteiger partial charge on any atom is -0.351 e. The third kappa shape index (κ3) is 4.29. The average molecular weight is 352 g/mol.